The van der Waals surface area contributed by atoms with Crippen LogP contribution in [0.25, 0.3) is 0 Å². The molecule has 4 N–H and O–H groups in total. The largest absolute Gasteiger partial charge is 0.376 e. The van der Waals surface area contributed by atoms with Gasteiger partial charge in [-0.05, 0) is 25.5 Å². The summed E-state index contributed by atoms with van der Waals surface area (Å²) in [5.74, 6) is 4.32. The van der Waals surface area contributed by atoms with Crippen LogP contribution in [-0.2, 0) is 4.74 Å². The number of carbonyl (C=O) groups excluding carboxylic acids is 1. The van der Waals surface area contributed by atoms with Gasteiger partial charge < -0.3 is 15.5 Å². The number of nitrogens with one attached hydrogen (secondary N) is 2. The third kappa shape index (κ3) is 2.44. The Morgan fingerprint density at radius 2 is 2.33 bits per heavy atom. The van der Waals surface area contributed by atoms with Gasteiger partial charge in [-0.1, -0.05) is 6.07 Å². The van der Waals surface area contributed by atoms with Crippen LogP contribution < -0.4 is 16.6 Å². The van der Waals surface area contributed by atoms with E-state index in [2.05, 4.69) is 10.7 Å². The van der Waals surface area contributed by atoms with Gasteiger partial charge >= 0.3 is 0 Å². The summed E-state index contributed by atoms with van der Waals surface area (Å²) in [4.78, 5) is 12.0. The Morgan fingerprint density at radius 1 is 1.56 bits per heavy atom. The van der Waals surface area contributed by atoms with E-state index in [9.17, 15) is 9.18 Å². The topological polar surface area (TPSA) is 76.4 Å². The summed E-state index contributed by atoms with van der Waals surface area (Å²) >= 11 is 0. The first kappa shape index (κ1) is 12.8. The molecule has 0 aromatic heterocycles. The van der Waals surface area contributed by atoms with Crippen molar-refractivity contribution in [3.8, 4) is 0 Å². The molecule has 0 spiro atoms. The van der Waals surface area contributed by atoms with Gasteiger partial charge in [0.25, 0.3) is 5.91 Å². The van der Waals surface area contributed by atoms with E-state index >= 15 is 0 Å². The molecule has 0 radical (unpaired) electrons. The highest BCUT2D eigenvalue weighted by molar-refractivity contribution is 5.99. The van der Waals surface area contributed by atoms with Crippen LogP contribution in [0.4, 0.5) is 10.1 Å². The standard InChI is InChI=1S/C12H16FN3O2/c1-7-10(5-6-18-7)15-12(17)8-3-2-4-9(13)11(8)16-14/h2-4,7,10,16H,5-6,14H2,1H3,(H,15,17). The second-order valence-corrected chi connectivity index (χ2v) is 4.25. The molecule has 98 valence electrons. The smallest absolute Gasteiger partial charge is 0.253 e. The van der Waals surface area contributed by atoms with Crippen LogP contribution in [0, 0.1) is 5.82 Å². The number of halogens is 1. The Bertz CT molecular complexity index is 453. The lowest BCUT2D eigenvalue weighted by Gasteiger charge is -2.17. The number of benzene rings is 1. The number of anilines is 1. The van der Waals surface area contributed by atoms with E-state index in [1.807, 2.05) is 6.92 Å². The number of para-hydroxylation sites is 1. The van der Waals surface area contributed by atoms with E-state index < -0.39 is 5.82 Å². The minimum atomic E-state index is -0.555. The molecule has 1 amide bonds. The summed E-state index contributed by atoms with van der Waals surface area (Å²) in [6, 6.07) is 4.19. The summed E-state index contributed by atoms with van der Waals surface area (Å²) in [5, 5.41) is 2.82. The molecule has 1 aromatic carbocycles. The SMILES string of the molecule is CC1OCCC1NC(=O)c1cccc(F)c1NN. The maximum atomic E-state index is 13.5. The zero-order valence-electron chi connectivity index (χ0n) is 10.1. The maximum Gasteiger partial charge on any atom is 0.253 e. The number of hydrazine groups is 1. The Labute approximate surface area is 104 Å². The zero-order chi connectivity index (χ0) is 13.1. The fourth-order valence-corrected chi connectivity index (χ4v) is 2.03. The van der Waals surface area contributed by atoms with Crippen LogP contribution in [0.1, 0.15) is 23.7 Å². The molecule has 18 heavy (non-hydrogen) atoms. The fourth-order valence-electron chi connectivity index (χ4n) is 2.03. The lowest BCUT2D eigenvalue weighted by molar-refractivity contribution is 0.0866. The molecule has 0 saturated carbocycles. The Morgan fingerprint density at radius 3 is 2.94 bits per heavy atom. The van der Waals surface area contributed by atoms with Gasteiger partial charge in [0.1, 0.15) is 5.82 Å². The highest BCUT2D eigenvalue weighted by Crippen LogP contribution is 2.20. The molecule has 1 aliphatic heterocycles. The average molecular weight is 253 g/mol. The monoisotopic (exact) mass is 253 g/mol. The number of nitrogens with two attached hydrogens (primary N) is 1. The fraction of sp³-hybridized carbons (Fsp3) is 0.417. The van der Waals surface area contributed by atoms with Crippen molar-refractivity contribution in [1.29, 1.82) is 0 Å². The summed E-state index contributed by atoms with van der Waals surface area (Å²) in [5.41, 5.74) is 2.41. The molecular formula is C12H16FN3O2. The molecule has 2 atom stereocenters. The van der Waals surface area contributed by atoms with Gasteiger partial charge in [-0.15, -0.1) is 0 Å². The van der Waals surface area contributed by atoms with Crippen molar-refractivity contribution in [3.63, 3.8) is 0 Å². The summed E-state index contributed by atoms with van der Waals surface area (Å²) in [6.07, 6.45) is 0.727. The first-order chi connectivity index (χ1) is 8.63. The highest BCUT2D eigenvalue weighted by atomic mass is 19.1. The van der Waals surface area contributed by atoms with Crippen LogP contribution in [0.3, 0.4) is 0 Å². The zero-order valence-corrected chi connectivity index (χ0v) is 10.1. The van der Waals surface area contributed by atoms with E-state index in [1.54, 1.807) is 0 Å². The van der Waals surface area contributed by atoms with Gasteiger partial charge in [0.2, 0.25) is 0 Å². The van der Waals surface area contributed by atoms with Crippen LogP contribution in [-0.4, -0.2) is 24.7 Å². The van der Waals surface area contributed by atoms with Crippen LogP contribution in [0.5, 0.6) is 0 Å². The quantitative estimate of drug-likeness (QED) is 0.555. The predicted molar refractivity (Wildman–Crippen MR) is 65.5 cm³/mol. The first-order valence-corrected chi connectivity index (χ1v) is 5.81. The lowest BCUT2D eigenvalue weighted by Crippen LogP contribution is -2.39. The van der Waals surface area contributed by atoms with Gasteiger partial charge in [0.05, 0.1) is 23.4 Å². The summed E-state index contributed by atoms with van der Waals surface area (Å²) in [7, 11) is 0. The molecule has 5 nitrogen and oxygen atoms in total. The number of amides is 1. The second kappa shape index (κ2) is 5.32. The third-order valence-electron chi connectivity index (χ3n) is 3.10. The van der Waals surface area contributed by atoms with E-state index in [4.69, 9.17) is 10.6 Å². The van der Waals surface area contributed by atoms with Gasteiger partial charge in [-0.2, -0.15) is 0 Å². The molecule has 6 heteroatoms. The number of carbonyl (C=O) groups is 1. The molecule has 1 fully saturated rings. The molecular weight excluding hydrogens is 237 g/mol. The normalized spacial score (nSPS) is 22.8. The van der Waals surface area contributed by atoms with Crippen molar-refractivity contribution in [1.82, 2.24) is 5.32 Å². The minimum absolute atomic E-state index is 0.00145. The summed E-state index contributed by atoms with van der Waals surface area (Å²) in [6.45, 7) is 2.52. The van der Waals surface area contributed by atoms with Crippen molar-refractivity contribution < 1.29 is 13.9 Å². The maximum absolute atomic E-state index is 13.5. The van der Waals surface area contributed by atoms with Crippen molar-refractivity contribution in [2.45, 2.75) is 25.5 Å². The molecule has 1 aliphatic rings. The van der Waals surface area contributed by atoms with E-state index in [0.717, 1.165) is 6.42 Å². The Balaban J connectivity index is 2.16. The van der Waals surface area contributed by atoms with E-state index in [-0.39, 0.29) is 29.3 Å². The molecule has 0 bridgehead atoms. The molecule has 1 aromatic rings. The Hall–Kier alpha value is -1.66. The number of hydrogen-bond donors (Lipinski definition) is 3. The summed E-state index contributed by atoms with van der Waals surface area (Å²) < 4.78 is 18.8. The number of hydrogen-bond acceptors (Lipinski definition) is 4. The number of nitrogen functional groups attached to an aromatic ring is 1. The van der Waals surface area contributed by atoms with E-state index in [0.29, 0.717) is 6.61 Å². The van der Waals surface area contributed by atoms with Crippen LogP contribution >= 0.6 is 0 Å². The molecule has 1 saturated heterocycles. The average Bonchev–Trinajstić information content (AvgIpc) is 2.74. The van der Waals surface area contributed by atoms with Gasteiger partial charge in [-0.3, -0.25) is 10.6 Å². The van der Waals surface area contributed by atoms with Crippen molar-refractivity contribution in [3.05, 3.63) is 29.6 Å². The first-order valence-electron chi connectivity index (χ1n) is 5.81. The van der Waals surface area contributed by atoms with Crippen molar-refractivity contribution in [2.24, 2.45) is 5.84 Å². The van der Waals surface area contributed by atoms with Gasteiger partial charge in [0.15, 0.2) is 0 Å². The van der Waals surface area contributed by atoms with Crippen molar-refractivity contribution in [2.75, 3.05) is 12.0 Å². The molecule has 0 aliphatic carbocycles. The van der Waals surface area contributed by atoms with E-state index in [1.165, 1.54) is 18.2 Å². The predicted octanol–water partition coefficient (Wildman–Crippen LogP) is 1.02. The number of rotatable bonds is 3. The van der Waals surface area contributed by atoms with Crippen LogP contribution in [0.2, 0.25) is 0 Å². The second-order valence-electron chi connectivity index (χ2n) is 4.25. The van der Waals surface area contributed by atoms with Crippen molar-refractivity contribution >= 4 is 11.6 Å². The third-order valence-corrected chi connectivity index (χ3v) is 3.10. The molecule has 1 heterocycles. The molecule has 2 unspecified atom stereocenters. The van der Waals surface area contributed by atoms with Gasteiger partial charge in [-0.25, -0.2) is 4.39 Å². The minimum Gasteiger partial charge on any atom is -0.376 e. The Kier molecular flexibility index (Phi) is 3.78. The number of ether oxygens (including phenoxy) is 1. The van der Waals surface area contributed by atoms with Crippen LogP contribution in [0.15, 0.2) is 18.2 Å². The van der Waals surface area contributed by atoms with Gasteiger partial charge in [0, 0.05) is 6.61 Å². The molecule has 2 rings (SSSR count). The lowest BCUT2D eigenvalue weighted by atomic mass is 10.1. The highest BCUT2D eigenvalue weighted by Gasteiger charge is 2.27.